The fourth-order valence-electron chi connectivity index (χ4n) is 2.12. The topological polar surface area (TPSA) is 30.5 Å². The van der Waals surface area contributed by atoms with Gasteiger partial charge in [0.1, 0.15) is 0 Å². The first kappa shape index (κ1) is 15.4. The molecule has 0 amide bonds. The molecule has 0 bridgehead atoms. The van der Waals surface area contributed by atoms with E-state index in [2.05, 4.69) is 38.8 Å². The molecule has 0 radical (unpaired) electrons. The summed E-state index contributed by atoms with van der Waals surface area (Å²) in [5, 5.41) is 5.47. The van der Waals surface area contributed by atoms with Gasteiger partial charge in [-0.15, -0.1) is 11.3 Å². The number of hydrogen-bond donors (Lipinski definition) is 1. The van der Waals surface area contributed by atoms with Gasteiger partial charge < -0.3 is 14.8 Å². The Bertz CT molecular complexity index is 571. The van der Waals surface area contributed by atoms with Gasteiger partial charge in [0.15, 0.2) is 11.5 Å². The van der Waals surface area contributed by atoms with Crippen LogP contribution in [0.4, 0.5) is 0 Å². The Balaban J connectivity index is 2.22. The summed E-state index contributed by atoms with van der Waals surface area (Å²) in [6.07, 6.45) is 0.947. The number of rotatable bonds is 6. The van der Waals surface area contributed by atoms with Crippen molar-refractivity contribution < 1.29 is 9.47 Å². The minimum atomic E-state index is 0.250. The smallest absolute Gasteiger partial charge is 0.161 e. The third-order valence-electron chi connectivity index (χ3n) is 3.19. The summed E-state index contributed by atoms with van der Waals surface area (Å²) in [5.74, 6) is 1.52. The van der Waals surface area contributed by atoms with Crippen LogP contribution in [0.5, 0.6) is 11.5 Å². The van der Waals surface area contributed by atoms with Gasteiger partial charge in [-0.3, -0.25) is 0 Å². The highest BCUT2D eigenvalue weighted by Crippen LogP contribution is 2.32. The van der Waals surface area contributed by atoms with E-state index in [4.69, 9.17) is 9.47 Å². The lowest BCUT2D eigenvalue weighted by molar-refractivity contribution is 0.354. The summed E-state index contributed by atoms with van der Waals surface area (Å²) >= 11 is 5.26. The summed E-state index contributed by atoms with van der Waals surface area (Å²) in [6, 6.07) is 8.47. The van der Waals surface area contributed by atoms with Crippen LogP contribution < -0.4 is 14.8 Å². The van der Waals surface area contributed by atoms with E-state index in [1.165, 1.54) is 10.4 Å². The van der Waals surface area contributed by atoms with Crippen LogP contribution >= 0.6 is 27.3 Å². The van der Waals surface area contributed by atoms with Crippen LogP contribution in [0.15, 0.2) is 34.1 Å². The van der Waals surface area contributed by atoms with Crippen molar-refractivity contribution in [2.45, 2.75) is 12.5 Å². The number of thiophene rings is 1. The van der Waals surface area contributed by atoms with Gasteiger partial charge in [-0.25, -0.2) is 0 Å². The summed E-state index contributed by atoms with van der Waals surface area (Å²) < 4.78 is 11.8. The Labute approximate surface area is 132 Å². The van der Waals surface area contributed by atoms with Gasteiger partial charge in [0.05, 0.1) is 14.2 Å². The fourth-order valence-corrected chi connectivity index (χ4v) is 3.62. The van der Waals surface area contributed by atoms with Crippen molar-refractivity contribution in [2.75, 3.05) is 21.3 Å². The molecule has 0 aliphatic rings. The van der Waals surface area contributed by atoms with E-state index >= 15 is 0 Å². The lowest BCUT2D eigenvalue weighted by Gasteiger charge is -2.18. The molecule has 0 spiro atoms. The van der Waals surface area contributed by atoms with Crippen molar-refractivity contribution in [1.82, 2.24) is 5.32 Å². The molecular weight excluding hydrogens is 338 g/mol. The van der Waals surface area contributed by atoms with Gasteiger partial charge in [-0.1, -0.05) is 6.07 Å². The standard InChI is InChI=1S/C15H18BrNO2S/c1-17-13(8-12-7-11(16)9-20-12)10-4-5-14(18-2)15(6-10)19-3/h4-7,9,13,17H,8H2,1-3H3. The SMILES string of the molecule is CNC(Cc1cc(Br)cs1)c1ccc(OC)c(OC)c1. The molecule has 1 heterocycles. The molecule has 2 rings (SSSR count). The van der Waals surface area contributed by atoms with E-state index in [1.807, 2.05) is 19.2 Å². The number of nitrogens with one attached hydrogen (secondary N) is 1. The Morgan fingerprint density at radius 3 is 2.50 bits per heavy atom. The molecule has 20 heavy (non-hydrogen) atoms. The van der Waals surface area contributed by atoms with Crippen molar-refractivity contribution in [2.24, 2.45) is 0 Å². The van der Waals surface area contributed by atoms with E-state index in [-0.39, 0.29) is 6.04 Å². The third kappa shape index (κ3) is 3.53. The average molecular weight is 356 g/mol. The predicted molar refractivity (Wildman–Crippen MR) is 87.1 cm³/mol. The molecule has 1 aromatic heterocycles. The second kappa shape index (κ2) is 7.11. The number of halogens is 1. The number of benzene rings is 1. The summed E-state index contributed by atoms with van der Waals surface area (Å²) in [7, 11) is 5.28. The fraction of sp³-hybridized carbons (Fsp3) is 0.333. The Morgan fingerprint density at radius 2 is 1.95 bits per heavy atom. The molecule has 1 atom stereocenters. The highest BCUT2D eigenvalue weighted by Gasteiger charge is 2.14. The molecule has 0 aliphatic heterocycles. The number of ether oxygens (including phenoxy) is 2. The van der Waals surface area contributed by atoms with E-state index in [0.717, 1.165) is 22.4 Å². The highest BCUT2D eigenvalue weighted by atomic mass is 79.9. The van der Waals surface area contributed by atoms with Gasteiger partial charge in [-0.05, 0) is 46.7 Å². The van der Waals surface area contributed by atoms with Crippen molar-refractivity contribution in [3.63, 3.8) is 0 Å². The Morgan fingerprint density at radius 1 is 1.20 bits per heavy atom. The van der Waals surface area contributed by atoms with Crippen LogP contribution in [0.1, 0.15) is 16.5 Å². The van der Waals surface area contributed by atoms with Gasteiger partial charge in [-0.2, -0.15) is 0 Å². The lowest BCUT2D eigenvalue weighted by Crippen LogP contribution is -2.18. The van der Waals surface area contributed by atoms with E-state index in [0.29, 0.717) is 0 Å². The maximum atomic E-state index is 5.37. The van der Waals surface area contributed by atoms with Crippen molar-refractivity contribution in [1.29, 1.82) is 0 Å². The number of methoxy groups -OCH3 is 2. The maximum absolute atomic E-state index is 5.37. The Hall–Kier alpha value is -1.04. The van der Waals surface area contributed by atoms with Gasteiger partial charge in [0.2, 0.25) is 0 Å². The van der Waals surface area contributed by atoms with Gasteiger partial charge in [0, 0.05) is 27.2 Å². The first-order chi connectivity index (χ1) is 9.67. The third-order valence-corrected chi connectivity index (χ3v) is 4.91. The van der Waals surface area contributed by atoms with Crippen LogP contribution in [0.3, 0.4) is 0 Å². The van der Waals surface area contributed by atoms with Gasteiger partial charge >= 0.3 is 0 Å². The second-order valence-corrected chi connectivity index (χ2v) is 6.30. The number of likely N-dealkylation sites (N-methyl/N-ethyl adjacent to an activating group) is 1. The van der Waals surface area contributed by atoms with E-state index in [1.54, 1.807) is 25.6 Å². The summed E-state index contributed by atoms with van der Waals surface area (Å²) in [6.45, 7) is 0. The lowest BCUT2D eigenvalue weighted by atomic mass is 10.0. The molecule has 1 N–H and O–H groups in total. The quantitative estimate of drug-likeness (QED) is 0.848. The van der Waals surface area contributed by atoms with Crippen molar-refractivity contribution in [3.05, 3.63) is 44.6 Å². The summed E-state index contributed by atoms with van der Waals surface area (Å²) in [4.78, 5) is 1.34. The zero-order valence-electron chi connectivity index (χ0n) is 11.8. The molecule has 1 aromatic carbocycles. The monoisotopic (exact) mass is 355 g/mol. The first-order valence-electron chi connectivity index (χ1n) is 6.30. The second-order valence-electron chi connectivity index (χ2n) is 4.39. The highest BCUT2D eigenvalue weighted by molar-refractivity contribution is 9.10. The average Bonchev–Trinajstić information content (AvgIpc) is 2.89. The van der Waals surface area contributed by atoms with Crippen molar-refractivity contribution in [3.8, 4) is 11.5 Å². The first-order valence-corrected chi connectivity index (χ1v) is 7.97. The van der Waals surface area contributed by atoms with Crippen LogP contribution in [0, 0.1) is 0 Å². The maximum Gasteiger partial charge on any atom is 0.161 e. The summed E-state index contributed by atoms with van der Waals surface area (Å²) in [5.41, 5.74) is 1.19. The molecular formula is C15H18BrNO2S. The molecule has 0 saturated carbocycles. The largest absolute Gasteiger partial charge is 0.493 e. The molecule has 0 fully saturated rings. The molecule has 2 aromatic rings. The zero-order valence-corrected chi connectivity index (χ0v) is 14.2. The number of hydrogen-bond acceptors (Lipinski definition) is 4. The van der Waals surface area contributed by atoms with Gasteiger partial charge in [0.25, 0.3) is 0 Å². The molecule has 0 saturated heterocycles. The predicted octanol–water partition coefficient (Wildman–Crippen LogP) is 4.03. The molecule has 5 heteroatoms. The van der Waals surface area contributed by atoms with Crippen molar-refractivity contribution >= 4 is 27.3 Å². The molecule has 108 valence electrons. The zero-order chi connectivity index (χ0) is 14.5. The molecule has 3 nitrogen and oxygen atoms in total. The van der Waals surface area contributed by atoms with E-state index in [9.17, 15) is 0 Å². The van der Waals surface area contributed by atoms with Crippen LogP contribution in [-0.4, -0.2) is 21.3 Å². The minimum Gasteiger partial charge on any atom is -0.493 e. The normalized spacial score (nSPS) is 12.2. The molecule has 0 aliphatic carbocycles. The van der Waals surface area contributed by atoms with Crippen LogP contribution in [-0.2, 0) is 6.42 Å². The molecule has 1 unspecified atom stereocenters. The van der Waals surface area contributed by atoms with E-state index < -0.39 is 0 Å². The van der Waals surface area contributed by atoms with Crippen LogP contribution in [0.25, 0.3) is 0 Å². The minimum absolute atomic E-state index is 0.250. The Kier molecular flexibility index (Phi) is 5.46. The van der Waals surface area contributed by atoms with Crippen LogP contribution in [0.2, 0.25) is 0 Å².